The van der Waals surface area contributed by atoms with E-state index in [1.54, 1.807) is 6.92 Å². The summed E-state index contributed by atoms with van der Waals surface area (Å²) in [6.45, 7) is 4.16. The number of aromatic amines is 2. The topological polar surface area (TPSA) is 94.8 Å². The summed E-state index contributed by atoms with van der Waals surface area (Å²) in [6, 6.07) is 0. The number of aryl methyl sites for hydroxylation is 1. The maximum atomic E-state index is 11.6. The Morgan fingerprint density at radius 1 is 1.32 bits per heavy atom. The Balaban J connectivity index is 2.51. The number of rotatable bonds is 6. The highest BCUT2D eigenvalue weighted by Crippen LogP contribution is 1.99. The molecule has 104 valence electrons. The molecule has 0 aliphatic heterocycles. The largest absolute Gasteiger partial charge is 0.356 e. The lowest BCUT2D eigenvalue weighted by molar-refractivity contribution is -0.121. The van der Waals surface area contributed by atoms with E-state index >= 15 is 0 Å². The maximum Gasteiger partial charge on any atom is 0.325 e. The molecule has 1 amide bonds. The molecule has 0 spiro atoms. The van der Waals surface area contributed by atoms with Crippen LogP contribution in [0.4, 0.5) is 0 Å². The molecule has 1 aromatic heterocycles. The molecule has 0 fully saturated rings. The molecule has 0 unspecified atom stereocenters. The van der Waals surface area contributed by atoms with Crippen LogP contribution in [-0.2, 0) is 11.2 Å². The molecule has 0 radical (unpaired) electrons. The molecule has 0 aliphatic carbocycles. The fourth-order valence-corrected chi connectivity index (χ4v) is 1.72. The van der Waals surface area contributed by atoms with Gasteiger partial charge in [0.05, 0.1) is 0 Å². The number of hydrogen-bond acceptors (Lipinski definition) is 3. The van der Waals surface area contributed by atoms with Gasteiger partial charge in [0, 0.05) is 24.2 Å². The van der Waals surface area contributed by atoms with Gasteiger partial charge in [-0.25, -0.2) is 4.79 Å². The molecule has 0 bridgehead atoms. The summed E-state index contributed by atoms with van der Waals surface area (Å²) >= 11 is 0. The molecule has 0 aliphatic rings. The summed E-state index contributed by atoms with van der Waals surface area (Å²) in [6.07, 6.45) is 5.23. The third-order valence-corrected chi connectivity index (χ3v) is 2.73. The van der Waals surface area contributed by atoms with Gasteiger partial charge in [0.2, 0.25) is 5.91 Å². The number of carbonyl (C=O) groups is 1. The minimum Gasteiger partial charge on any atom is -0.356 e. The summed E-state index contributed by atoms with van der Waals surface area (Å²) in [5, 5.41) is 2.76. The highest BCUT2D eigenvalue weighted by molar-refractivity contribution is 5.76. The molecule has 6 nitrogen and oxygen atoms in total. The third-order valence-electron chi connectivity index (χ3n) is 2.73. The van der Waals surface area contributed by atoms with E-state index in [1.807, 2.05) is 19.1 Å². The quantitative estimate of drug-likeness (QED) is 0.513. The van der Waals surface area contributed by atoms with E-state index in [9.17, 15) is 14.4 Å². The SMILES string of the molecule is C/C=C/CCNC(=O)CCc1c(C)[nH]c(=O)[nH]c1=O. The summed E-state index contributed by atoms with van der Waals surface area (Å²) in [5.74, 6) is -0.102. The van der Waals surface area contributed by atoms with Crippen LogP contribution < -0.4 is 16.6 Å². The van der Waals surface area contributed by atoms with Crippen LogP contribution in [0.2, 0.25) is 0 Å². The highest BCUT2D eigenvalue weighted by atomic mass is 16.2. The van der Waals surface area contributed by atoms with E-state index in [0.717, 1.165) is 6.42 Å². The summed E-state index contributed by atoms with van der Waals surface area (Å²) in [5.41, 5.74) is 0.00342. The van der Waals surface area contributed by atoms with Gasteiger partial charge in [0.1, 0.15) is 0 Å². The van der Waals surface area contributed by atoms with Crippen molar-refractivity contribution in [1.82, 2.24) is 15.3 Å². The Morgan fingerprint density at radius 3 is 2.68 bits per heavy atom. The number of hydrogen-bond donors (Lipinski definition) is 3. The lowest BCUT2D eigenvalue weighted by atomic mass is 10.1. The van der Waals surface area contributed by atoms with Crippen LogP contribution in [0.1, 0.15) is 31.0 Å². The number of H-pyrrole nitrogens is 2. The van der Waals surface area contributed by atoms with Crippen molar-refractivity contribution in [3.05, 3.63) is 44.2 Å². The lowest BCUT2D eigenvalue weighted by Crippen LogP contribution is -2.29. The Bertz CT molecular complexity index is 569. The van der Waals surface area contributed by atoms with E-state index in [0.29, 0.717) is 24.2 Å². The van der Waals surface area contributed by atoms with Gasteiger partial charge < -0.3 is 10.3 Å². The van der Waals surface area contributed by atoms with E-state index < -0.39 is 11.2 Å². The van der Waals surface area contributed by atoms with E-state index in [1.165, 1.54) is 0 Å². The van der Waals surface area contributed by atoms with E-state index in [4.69, 9.17) is 0 Å². The van der Waals surface area contributed by atoms with Gasteiger partial charge in [-0.1, -0.05) is 12.2 Å². The predicted octanol–water partition coefficient (Wildman–Crippen LogP) is 0.387. The maximum absolute atomic E-state index is 11.6. The number of carbonyl (C=O) groups excluding carboxylic acids is 1. The lowest BCUT2D eigenvalue weighted by Gasteiger charge is -2.05. The molecule has 0 aromatic carbocycles. The summed E-state index contributed by atoms with van der Waals surface area (Å²) in [4.78, 5) is 38.8. The van der Waals surface area contributed by atoms with Crippen LogP contribution in [0.3, 0.4) is 0 Å². The second-order valence-electron chi connectivity index (χ2n) is 4.22. The Kier molecular flexibility index (Phi) is 5.78. The zero-order chi connectivity index (χ0) is 14.3. The molecule has 0 saturated heterocycles. The summed E-state index contributed by atoms with van der Waals surface area (Å²) in [7, 11) is 0. The van der Waals surface area contributed by atoms with Crippen molar-refractivity contribution in [1.29, 1.82) is 0 Å². The predicted molar refractivity (Wildman–Crippen MR) is 73.2 cm³/mol. The van der Waals surface area contributed by atoms with Gasteiger partial charge in [0.15, 0.2) is 0 Å². The fourth-order valence-electron chi connectivity index (χ4n) is 1.72. The first-order valence-corrected chi connectivity index (χ1v) is 6.24. The Labute approximate surface area is 111 Å². The van der Waals surface area contributed by atoms with Crippen LogP contribution in [0, 0.1) is 6.92 Å². The minimum atomic E-state index is -0.526. The van der Waals surface area contributed by atoms with Crippen molar-refractivity contribution in [3.63, 3.8) is 0 Å². The molecule has 0 atom stereocenters. The van der Waals surface area contributed by atoms with Crippen LogP contribution in [0.5, 0.6) is 0 Å². The molecule has 0 saturated carbocycles. The first-order chi connectivity index (χ1) is 9.04. The fraction of sp³-hybridized carbons (Fsp3) is 0.462. The molecular formula is C13H19N3O3. The number of nitrogens with one attached hydrogen (secondary N) is 3. The monoisotopic (exact) mass is 265 g/mol. The van der Waals surface area contributed by atoms with Crippen molar-refractivity contribution in [2.75, 3.05) is 6.54 Å². The Morgan fingerprint density at radius 2 is 2.05 bits per heavy atom. The molecular weight excluding hydrogens is 246 g/mol. The zero-order valence-corrected chi connectivity index (χ0v) is 11.2. The van der Waals surface area contributed by atoms with Crippen LogP contribution in [0.25, 0.3) is 0 Å². The second kappa shape index (κ2) is 7.35. The summed E-state index contributed by atoms with van der Waals surface area (Å²) < 4.78 is 0. The van der Waals surface area contributed by atoms with Gasteiger partial charge in [0.25, 0.3) is 5.56 Å². The molecule has 1 heterocycles. The third kappa shape index (κ3) is 4.95. The Hall–Kier alpha value is -2.11. The molecule has 3 N–H and O–H groups in total. The van der Waals surface area contributed by atoms with Crippen LogP contribution in [-0.4, -0.2) is 22.4 Å². The van der Waals surface area contributed by atoms with Gasteiger partial charge >= 0.3 is 5.69 Å². The van der Waals surface area contributed by atoms with Crippen molar-refractivity contribution in [2.45, 2.75) is 33.1 Å². The standard InChI is InChI=1S/C13H19N3O3/c1-3-4-5-8-14-11(17)7-6-10-9(2)15-13(19)16-12(10)18/h3-4H,5-8H2,1-2H3,(H,14,17)(H2,15,16,18,19)/b4-3+. The van der Waals surface area contributed by atoms with Crippen LogP contribution in [0.15, 0.2) is 21.7 Å². The molecule has 1 aromatic rings. The molecule has 1 rings (SSSR count). The van der Waals surface area contributed by atoms with Gasteiger partial charge in [-0.2, -0.15) is 0 Å². The second-order valence-corrected chi connectivity index (χ2v) is 4.22. The average Bonchev–Trinajstić information content (AvgIpc) is 2.33. The molecule has 19 heavy (non-hydrogen) atoms. The first-order valence-electron chi connectivity index (χ1n) is 6.24. The zero-order valence-electron chi connectivity index (χ0n) is 11.2. The average molecular weight is 265 g/mol. The van der Waals surface area contributed by atoms with Crippen molar-refractivity contribution in [2.24, 2.45) is 0 Å². The van der Waals surface area contributed by atoms with Gasteiger partial charge in [-0.3, -0.25) is 14.6 Å². The van der Waals surface area contributed by atoms with Crippen molar-refractivity contribution >= 4 is 5.91 Å². The number of allylic oxidation sites excluding steroid dienone is 1. The first kappa shape index (κ1) is 14.9. The molecule has 6 heteroatoms. The van der Waals surface area contributed by atoms with E-state index in [2.05, 4.69) is 15.3 Å². The smallest absolute Gasteiger partial charge is 0.325 e. The van der Waals surface area contributed by atoms with Gasteiger partial charge in [-0.05, 0) is 26.7 Å². The van der Waals surface area contributed by atoms with Crippen LogP contribution >= 0.6 is 0 Å². The van der Waals surface area contributed by atoms with Crippen molar-refractivity contribution < 1.29 is 4.79 Å². The highest BCUT2D eigenvalue weighted by Gasteiger charge is 2.08. The van der Waals surface area contributed by atoms with Gasteiger partial charge in [-0.15, -0.1) is 0 Å². The van der Waals surface area contributed by atoms with E-state index in [-0.39, 0.29) is 12.3 Å². The number of aromatic nitrogens is 2. The minimum absolute atomic E-state index is 0.102. The normalized spacial score (nSPS) is 10.8. The van der Waals surface area contributed by atoms with Crippen molar-refractivity contribution in [3.8, 4) is 0 Å². The number of amides is 1.